The second-order valence-corrected chi connectivity index (χ2v) is 3.34. The van der Waals surface area contributed by atoms with Gasteiger partial charge in [0, 0.05) is 0 Å². The molecular weight excluding hydrogens is 198 g/mol. The number of nitrogens with one attached hydrogen (secondary N) is 1. The third-order valence-electron chi connectivity index (χ3n) is 2.29. The van der Waals surface area contributed by atoms with Gasteiger partial charge in [0.1, 0.15) is 0 Å². The van der Waals surface area contributed by atoms with Gasteiger partial charge in [-0.05, 0) is 24.5 Å². The minimum Gasteiger partial charge on any atom is -0.358 e. The van der Waals surface area contributed by atoms with Crippen LogP contribution in [0.1, 0.15) is 12.8 Å². The van der Waals surface area contributed by atoms with E-state index in [2.05, 4.69) is 10.2 Å². The van der Waals surface area contributed by atoms with E-state index in [-0.39, 0.29) is 0 Å². The van der Waals surface area contributed by atoms with Gasteiger partial charge in [-0.25, -0.2) is 14.6 Å². The monoisotopic (exact) mass is 209 g/mol. The molecule has 6 heteroatoms. The lowest BCUT2D eigenvalue weighted by molar-refractivity contribution is 0.117. The number of rotatable bonds is 0. The Labute approximate surface area is 86.3 Å². The normalized spacial score (nSPS) is 18.5. The molecular formula is C9H11N3O3. The second-order valence-electron chi connectivity index (χ2n) is 3.34. The first kappa shape index (κ1) is 9.57. The van der Waals surface area contributed by atoms with Gasteiger partial charge in [0.05, 0.1) is 12.2 Å². The van der Waals surface area contributed by atoms with Gasteiger partial charge in [0.15, 0.2) is 0 Å². The van der Waals surface area contributed by atoms with Gasteiger partial charge in [0.25, 0.3) is 0 Å². The van der Waals surface area contributed by atoms with Crippen molar-refractivity contribution in [3.63, 3.8) is 0 Å². The van der Waals surface area contributed by atoms with E-state index in [0.29, 0.717) is 6.54 Å². The molecule has 0 spiro atoms. The van der Waals surface area contributed by atoms with E-state index in [9.17, 15) is 9.59 Å². The smallest absolute Gasteiger partial charge is 0.358 e. The third kappa shape index (κ3) is 1.93. The highest BCUT2D eigenvalue weighted by Gasteiger charge is 2.27. The molecule has 6 nitrogen and oxygen atoms in total. The maximum absolute atomic E-state index is 11.3. The predicted octanol–water partition coefficient (Wildman–Crippen LogP) is 0.626. The lowest BCUT2D eigenvalue weighted by Crippen LogP contribution is -2.40. The number of nitrogens with two attached hydrogens (primary N) is 1. The molecule has 0 aromatic heterocycles. The van der Waals surface area contributed by atoms with Gasteiger partial charge < -0.3 is 10.5 Å². The number of ether oxygens (including phenoxy) is 1. The maximum Gasteiger partial charge on any atom is 0.437 e. The van der Waals surface area contributed by atoms with E-state index >= 15 is 0 Å². The van der Waals surface area contributed by atoms with Gasteiger partial charge in [-0.1, -0.05) is 6.08 Å². The molecule has 3 N–H and O–H groups in total. The van der Waals surface area contributed by atoms with Crippen LogP contribution >= 0.6 is 0 Å². The fraction of sp³-hybridized carbons (Fsp3) is 0.333. The van der Waals surface area contributed by atoms with Gasteiger partial charge in [-0.15, -0.1) is 0 Å². The zero-order valence-corrected chi connectivity index (χ0v) is 8.03. The van der Waals surface area contributed by atoms with Crippen molar-refractivity contribution in [2.75, 3.05) is 6.54 Å². The topological polar surface area (TPSA) is 84.7 Å². The standard InChI is InChI=1S/C9H11N3O3/c10-8(13)15-9(14)12-5-6-3-1-2-4-7(6)11-12/h2,4,11H,1,3,5H2,(H2,10,13). The van der Waals surface area contributed by atoms with Crippen LogP contribution in [-0.4, -0.2) is 23.7 Å². The van der Waals surface area contributed by atoms with Crippen molar-refractivity contribution in [1.82, 2.24) is 10.4 Å². The molecule has 80 valence electrons. The second kappa shape index (κ2) is 3.64. The highest BCUT2D eigenvalue weighted by Crippen LogP contribution is 2.23. The molecule has 0 radical (unpaired) electrons. The van der Waals surface area contributed by atoms with Gasteiger partial charge >= 0.3 is 12.2 Å². The molecule has 0 atom stereocenters. The molecule has 0 aromatic rings. The third-order valence-corrected chi connectivity index (χ3v) is 2.29. The first-order valence-electron chi connectivity index (χ1n) is 4.61. The summed E-state index contributed by atoms with van der Waals surface area (Å²) < 4.78 is 4.25. The molecule has 0 unspecified atom stereocenters. The number of allylic oxidation sites excluding steroid dienone is 2. The predicted molar refractivity (Wildman–Crippen MR) is 51.3 cm³/mol. The van der Waals surface area contributed by atoms with Gasteiger partial charge in [0.2, 0.25) is 0 Å². The molecule has 1 aliphatic heterocycles. The number of hydrogen-bond donors (Lipinski definition) is 2. The van der Waals surface area contributed by atoms with Crippen LogP contribution in [0.4, 0.5) is 9.59 Å². The Morgan fingerprint density at radius 1 is 1.53 bits per heavy atom. The molecule has 0 bridgehead atoms. The summed E-state index contributed by atoms with van der Waals surface area (Å²) in [5.74, 6) is 0. The van der Waals surface area contributed by atoms with E-state index in [1.807, 2.05) is 12.2 Å². The average Bonchev–Trinajstić information content (AvgIpc) is 2.59. The summed E-state index contributed by atoms with van der Waals surface area (Å²) in [6.07, 6.45) is 3.95. The summed E-state index contributed by atoms with van der Waals surface area (Å²) in [5.41, 5.74) is 9.63. The molecule has 2 amide bonds. The maximum atomic E-state index is 11.3. The number of carbonyl (C=O) groups is 2. The first-order chi connectivity index (χ1) is 7.16. The van der Waals surface area contributed by atoms with Crippen LogP contribution in [0.3, 0.4) is 0 Å². The van der Waals surface area contributed by atoms with Crippen molar-refractivity contribution in [1.29, 1.82) is 0 Å². The minimum atomic E-state index is -1.10. The largest absolute Gasteiger partial charge is 0.437 e. The van der Waals surface area contributed by atoms with Crippen LogP contribution in [0.5, 0.6) is 0 Å². The summed E-state index contributed by atoms with van der Waals surface area (Å²) >= 11 is 0. The Morgan fingerprint density at radius 3 is 3.00 bits per heavy atom. The van der Waals surface area contributed by atoms with Crippen molar-refractivity contribution in [3.05, 3.63) is 23.4 Å². The van der Waals surface area contributed by atoms with Crippen molar-refractivity contribution in [2.24, 2.45) is 5.73 Å². The molecule has 2 aliphatic rings. The average molecular weight is 209 g/mol. The highest BCUT2D eigenvalue weighted by molar-refractivity contribution is 5.82. The number of nitrogens with zero attached hydrogens (tertiary/aromatic N) is 1. The summed E-state index contributed by atoms with van der Waals surface area (Å²) in [4.78, 5) is 21.7. The molecule has 0 fully saturated rings. The SMILES string of the molecule is NC(=O)OC(=O)N1CC2=C(C=CCC2)N1. The lowest BCUT2D eigenvalue weighted by atomic mass is 10.0. The summed E-state index contributed by atoms with van der Waals surface area (Å²) in [6.45, 7) is 0.436. The van der Waals surface area contributed by atoms with Gasteiger partial charge in [-0.2, -0.15) is 0 Å². The van der Waals surface area contributed by atoms with Crippen molar-refractivity contribution < 1.29 is 14.3 Å². The quantitative estimate of drug-likeness (QED) is 0.573. The number of hydrogen-bond acceptors (Lipinski definition) is 4. The van der Waals surface area contributed by atoms with Crippen molar-refractivity contribution in [3.8, 4) is 0 Å². The van der Waals surface area contributed by atoms with Crippen molar-refractivity contribution >= 4 is 12.2 Å². The molecule has 0 aromatic carbocycles. The molecule has 15 heavy (non-hydrogen) atoms. The van der Waals surface area contributed by atoms with E-state index in [1.54, 1.807) is 0 Å². The fourth-order valence-corrected chi connectivity index (χ4v) is 1.62. The van der Waals surface area contributed by atoms with Gasteiger partial charge in [-0.3, -0.25) is 5.43 Å². The Bertz CT molecular complexity index is 373. The Morgan fingerprint density at radius 2 is 2.33 bits per heavy atom. The molecule has 1 aliphatic carbocycles. The molecule has 1 heterocycles. The van der Waals surface area contributed by atoms with Crippen LogP contribution in [0, 0.1) is 0 Å². The van der Waals surface area contributed by atoms with E-state index in [1.165, 1.54) is 5.01 Å². The van der Waals surface area contributed by atoms with Crippen LogP contribution in [-0.2, 0) is 4.74 Å². The van der Waals surface area contributed by atoms with Crippen LogP contribution < -0.4 is 11.2 Å². The lowest BCUT2D eigenvalue weighted by Gasteiger charge is -2.15. The summed E-state index contributed by atoms with van der Waals surface area (Å²) in [7, 11) is 0. The van der Waals surface area contributed by atoms with Crippen LogP contribution in [0.25, 0.3) is 0 Å². The molecule has 2 rings (SSSR count). The van der Waals surface area contributed by atoms with E-state index < -0.39 is 12.2 Å². The first-order valence-corrected chi connectivity index (χ1v) is 4.61. The van der Waals surface area contributed by atoms with Crippen LogP contribution in [0.15, 0.2) is 23.4 Å². The number of primary amides is 1. The zero-order chi connectivity index (χ0) is 10.8. The fourth-order valence-electron chi connectivity index (χ4n) is 1.62. The van der Waals surface area contributed by atoms with E-state index in [4.69, 9.17) is 5.73 Å². The molecule has 0 saturated heterocycles. The minimum absolute atomic E-state index is 0.436. The summed E-state index contributed by atoms with van der Waals surface area (Å²) in [6, 6.07) is 0. The van der Waals surface area contributed by atoms with Crippen LogP contribution in [0.2, 0.25) is 0 Å². The Hall–Kier alpha value is -1.98. The number of amides is 2. The zero-order valence-electron chi connectivity index (χ0n) is 8.03. The van der Waals surface area contributed by atoms with Crippen molar-refractivity contribution in [2.45, 2.75) is 12.8 Å². The Kier molecular flexibility index (Phi) is 2.32. The Balaban J connectivity index is 1.98. The highest BCUT2D eigenvalue weighted by atomic mass is 16.6. The summed E-state index contributed by atoms with van der Waals surface area (Å²) in [5, 5.41) is 1.23. The number of hydrazine groups is 1. The van der Waals surface area contributed by atoms with E-state index in [0.717, 1.165) is 24.1 Å². The number of carbonyl (C=O) groups excluding carboxylic acids is 2. The molecule has 0 saturated carbocycles.